The summed E-state index contributed by atoms with van der Waals surface area (Å²) in [6.07, 6.45) is 1.69. The topological polar surface area (TPSA) is 60.2 Å². The van der Waals surface area contributed by atoms with Gasteiger partial charge in [0.2, 0.25) is 0 Å². The number of hydrazine groups is 1. The van der Waals surface area contributed by atoms with Crippen LogP contribution in [-0.2, 0) is 6.61 Å². The maximum atomic E-state index is 5.70. The van der Waals surface area contributed by atoms with Crippen molar-refractivity contribution in [1.29, 1.82) is 0 Å². The van der Waals surface area contributed by atoms with Crippen molar-refractivity contribution in [3.05, 3.63) is 52.3 Å². The molecule has 0 radical (unpaired) electrons. The van der Waals surface area contributed by atoms with Crippen LogP contribution in [0, 0.1) is 6.92 Å². The van der Waals surface area contributed by atoms with Gasteiger partial charge in [0, 0.05) is 6.20 Å². The molecule has 18 heavy (non-hydrogen) atoms. The molecule has 1 aromatic carbocycles. The highest BCUT2D eigenvalue weighted by Crippen LogP contribution is 2.26. The van der Waals surface area contributed by atoms with E-state index in [2.05, 4.69) is 26.3 Å². The van der Waals surface area contributed by atoms with Crippen molar-refractivity contribution in [1.82, 2.24) is 4.98 Å². The van der Waals surface area contributed by atoms with Crippen molar-refractivity contribution in [2.24, 2.45) is 5.84 Å². The largest absolute Gasteiger partial charge is 0.486 e. The van der Waals surface area contributed by atoms with Crippen LogP contribution in [0.15, 0.2) is 41.0 Å². The van der Waals surface area contributed by atoms with E-state index in [1.54, 1.807) is 12.3 Å². The first-order chi connectivity index (χ1) is 8.69. The lowest BCUT2D eigenvalue weighted by molar-refractivity contribution is 0.299. The number of hydrogen-bond acceptors (Lipinski definition) is 4. The summed E-state index contributed by atoms with van der Waals surface area (Å²) in [6.45, 7) is 2.43. The lowest BCUT2D eigenvalue weighted by Crippen LogP contribution is -2.08. The normalized spacial score (nSPS) is 10.2. The quantitative estimate of drug-likeness (QED) is 0.673. The SMILES string of the molecule is Cc1ccc(OCc2cc(NN)ccn2)c(Br)c1. The Balaban J connectivity index is 2.06. The van der Waals surface area contributed by atoms with Crippen LogP contribution in [0.1, 0.15) is 11.3 Å². The summed E-state index contributed by atoms with van der Waals surface area (Å²) in [4.78, 5) is 4.21. The van der Waals surface area contributed by atoms with Crippen molar-refractivity contribution >= 4 is 21.6 Å². The molecule has 0 bridgehead atoms. The minimum Gasteiger partial charge on any atom is -0.486 e. The van der Waals surface area contributed by atoms with Crippen molar-refractivity contribution in [2.75, 3.05) is 5.43 Å². The average Bonchev–Trinajstić information content (AvgIpc) is 2.38. The monoisotopic (exact) mass is 307 g/mol. The number of anilines is 1. The fraction of sp³-hybridized carbons (Fsp3) is 0.154. The van der Waals surface area contributed by atoms with E-state index in [-0.39, 0.29) is 0 Å². The van der Waals surface area contributed by atoms with Gasteiger partial charge in [0.25, 0.3) is 0 Å². The number of nitrogens with zero attached hydrogens (tertiary/aromatic N) is 1. The first kappa shape index (κ1) is 12.9. The first-order valence-corrected chi connectivity index (χ1v) is 6.29. The van der Waals surface area contributed by atoms with E-state index in [9.17, 15) is 0 Å². The van der Waals surface area contributed by atoms with Crippen LogP contribution < -0.4 is 16.0 Å². The number of nitrogens with two attached hydrogens (primary N) is 1. The third kappa shape index (κ3) is 3.21. The molecule has 94 valence electrons. The van der Waals surface area contributed by atoms with Crippen LogP contribution in [0.5, 0.6) is 5.75 Å². The van der Waals surface area contributed by atoms with Gasteiger partial charge in [-0.25, -0.2) is 0 Å². The van der Waals surface area contributed by atoms with E-state index in [0.29, 0.717) is 6.61 Å². The Morgan fingerprint density at radius 1 is 1.33 bits per heavy atom. The number of hydrogen-bond donors (Lipinski definition) is 2. The highest BCUT2D eigenvalue weighted by Gasteiger charge is 2.03. The summed E-state index contributed by atoms with van der Waals surface area (Å²) in [5.74, 6) is 6.14. The molecule has 3 N–H and O–H groups in total. The smallest absolute Gasteiger partial charge is 0.134 e. The third-order valence-corrected chi connectivity index (χ3v) is 3.07. The van der Waals surface area contributed by atoms with E-state index >= 15 is 0 Å². The van der Waals surface area contributed by atoms with Crippen LogP contribution in [0.4, 0.5) is 5.69 Å². The number of ether oxygens (including phenoxy) is 1. The second-order valence-corrected chi connectivity index (χ2v) is 4.76. The predicted molar refractivity (Wildman–Crippen MR) is 75.3 cm³/mol. The van der Waals surface area contributed by atoms with Crippen LogP contribution in [0.25, 0.3) is 0 Å². The highest BCUT2D eigenvalue weighted by molar-refractivity contribution is 9.10. The number of rotatable bonds is 4. The van der Waals surface area contributed by atoms with Crippen LogP contribution >= 0.6 is 15.9 Å². The number of pyridine rings is 1. The van der Waals surface area contributed by atoms with E-state index < -0.39 is 0 Å². The van der Waals surface area contributed by atoms with Gasteiger partial charge >= 0.3 is 0 Å². The molecule has 1 heterocycles. The zero-order chi connectivity index (χ0) is 13.0. The minimum atomic E-state index is 0.400. The second-order valence-electron chi connectivity index (χ2n) is 3.90. The molecule has 2 aromatic rings. The molecule has 0 aliphatic carbocycles. The summed E-state index contributed by atoms with van der Waals surface area (Å²) >= 11 is 3.47. The van der Waals surface area contributed by atoms with E-state index in [1.807, 2.05) is 31.2 Å². The lowest BCUT2D eigenvalue weighted by Gasteiger charge is -2.09. The Kier molecular flexibility index (Phi) is 4.17. The number of aromatic nitrogens is 1. The predicted octanol–water partition coefficient (Wildman–Crippen LogP) is 3.02. The Morgan fingerprint density at radius 3 is 2.89 bits per heavy atom. The van der Waals surface area contributed by atoms with Gasteiger partial charge in [-0.1, -0.05) is 6.07 Å². The Hall–Kier alpha value is -1.59. The molecule has 0 unspecified atom stereocenters. The Bertz CT molecular complexity index is 546. The second kappa shape index (κ2) is 5.84. The third-order valence-electron chi connectivity index (χ3n) is 2.45. The Labute approximate surface area is 114 Å². The number of aryl methyl sites for hydroxylation is 1. The van der Waals surface area contributed by atoms with Gasteiger partial charge in [-0.3, -0.25) is 10.8 Å². The minimum absolute atomic E-state index is 0.400. The van der Waals surface area contributed by atoms with Gasteiger partial charge in [0.1, 0.15) is 12.4 Å². The van der Waals surface area contributed by atoms with Crippen molar-refractivity contribution < 1.29 is 4.74 Å². The number of nitrogens with one attached hydrogen (secondary N) is 1. The van der Waals surface area contributed by atoms with Gasteiger partial charge < -0.3 is 10.2 Å². The molecule has 0 saturated carbocycles. The molecule has 0 saturated heterocycles. The average molecular weight is 308 g/mol. The summed E-state index contributed by atoms with van der Waals surface area (Å²) < 4.78 is 6.64. The maximum absolute atomic E-state index is 5.70. The van der Waals surface area contributed by atoms with Gasteiger partial charge in [0.15, 0.2) is 0 Å². The summed E-state index contributed by atoms with van der Waals surface area (Å²) in [5, 5.41) is 0. The van der Waals surface area contributed by atoms with Crippen LogP contribution in [0.2, 0.25) is 0 Å². The number of halogens is 1. The molecule has 0 aliphatic heterocycles. The lowest BCUT2D eigenvalue weighted by atomic mass is 10.2. The van der Waals surface area contributed by atoms with Gasteiger partial charge in [-0.15, -0.1) is 0 Å². The highest BCUT2D eigenvalue weighted by atomic mass is 79.9. The first-order valence-electron chi connectivity index (χ1n) is 5.49. The zero-order valence-corrected chi connectivity index (χ0v) is 11.6. The molecule has 1 aromatic heterocycles. The van der Waals surface area contributed by atoms with Crippen molar-refractivity contribution in [3.63, 3.8) is 0 Å². The molecule has 0 aliphatic rings. The summed E-state index contributed by atoms with van der Waals surface area (Å²) in [6, 6.07) is 9.60. The molecular formula is C13H14BrN3O. The van der Waals surface area contributed by atoms with E-state index in [1.165, 1.54) is 5.56 Å². The number of nitrogen functional groups attached to an aromatic ring is 1. The molecule has 5 heteroatoms. The van der Waals surface area contributed by atoms with Gasteiger partial charge in [0.05, 0.1) is 15.9 Å². The molecular weight excluding hydrogens is 294 g/mol. The molecule has 0 amide bonds. The van der Waals surface area contributed by atoms with Gasteiger partial charge in [-0.2, -0.15) is 0 Å². The van der Waals surface area contributed by atoms with Gasteiger partial charge in [-0.05, 0) is 52.7 Å². The number of benzene rings is 1. The fourth-order valence-corrected chi connectivity index (χ4v) is 2.13. The fourth-order valence-electron chi connectivity index (χ4n) is 1.52. The summed E-state index contributed by atoms with van der Waals surface area (Å²) in [7, 11) is 0. The molecule has 2 rings (SSSR count). The van der Waals surface area contributed by atoms with Crippen molar-refractivity contribution in [2.45, 2.75) is 13.5 Å². The zero-order valence-electron chi connectivity index (χ0n) is 9.98. The molecule has 0 fully saturated rings. The van der Waals surface area contributed by atoms with Crippen molar-refractivity contribution in [3.8, 4) is 5.75 Å². The molecule has 0 spiro atoms. The van der Waals surface area contributed by atoms with E-state index in [4.69, 9.17) is 10.6 Å². The standard InChI is InChI=1S/C13H14BrN3O/c1-9-2-3-13(12(14)6-9)18-8-11-7-10(17-15)4-5-16-11/h2-7H,8,15H2,1H3,(H,16,17). The maximum Gasteiger partial charge on any atom is 0.134 e. The summed E-state index contributed by atoms with van der Waals surface area (Å²) in [5.41, 5.74) is 5.39. The Morgan fingerprint density at radius 2 is 2.17 bits per heavy atom. The molecule has 4 nitrogen and oxygen atoms in total. The van der Waals surface area contributed by atoms with Crippen LogP contribution in [0.3, 0.4) is 0 Å². The van der Waals surface area contributed by atoms with Crippen LogP contribution in [-0.4, -0.2) is 4.98 Å². The molecule has 0 atom stereocenters. The van der Waals surface area contributed by atoms with E-state index in [0.717, 1.165) is 21.6 Å².